The van der Waals surface area contributed by atoms with Crippen LogP contribution in [0.4, 0.5) is 0 Å². The molecular formula is C12H21N3O3. The highest BCUT2D eigenvalue weighted by Crippen LogP contribution is 2.11. The number of rotatable bonds is 7. The number of amides is 3. The predicted octanol–water partition coefficient (Wildman–Crippen LogP) is -0.231. The Kier molecular flexibility index (Phi) is 5.77. The summed E-state index contributed by atoms with van der Waals surface area (Å²) < 4.78 is 0. The first kappa shape index (κ1) is 14.6. The van der Waals surface area contributed by atoms with Crippen LogP contribution in [0, 0.1) is 0 Å². The van der Waals surface area contributed by atoms with E-state index in [1.54, 1.807) is 0 Å². The number of likely N-dealkylation sites (tertiary alicyclic amines) is 1. The summed E-state index contributed by atoms with van der Waals surface area (Å²) in [5.41, 5.74) is 5.37. The highest BCUT2D eigenvalue weighted by molar-refractivity contribution is 6.06. The quantitative estimate of drug-likeness (QED) is 0.485. The molecule has 1 aliphatic rings. The molecule has 0 aliphatic carbocycles. The van der Waals surface area contributed by atoms with Gasteiger partial charge < -0.3 is 11.1 Å². The lowest BCUT2D eigenvalue weighted by molar-refractivity contribution is -0.138. The normalized spacial score (nSPS) is 19.4. The fourth-order valence-corrected chi connectivity index (χ4v) is 1.92. The van der Waals surface area contributed by atoms with Gasteiger partial charge in [-0.2, -0.15) is 0 Å². The Labute approximate surface area is 107 Å². The average Bonchev–Trinajstić information content (AvgIpc) is 2.57. The summed E-state index contributed by atoms with van der Waals surface area (Å²) in [5, 5.41) is 2.60. The highest BCUT2D eigenvalue weighted by Gasteiger charge is 2.36. The van der Waals surface area contributed by atoms with E-state index in [4.69, 9.17) is 5.73 Å². The first-order valence-electron chi connectivity index (χ1n) is 6.36. The lowest BCUT2D eigenvalue weighted by Gasteiger charge is -2.10. The van der Waals surface area contributed by atoms with Crippen LogP contribution in [0.1, 0.15) is 38.5 Å². The molecule has 0 radical (unpaired) electrons. The van der Waals surface area contributed by atoms with Crippen LogP contribution in [0.15, 0.2) is 0 Å². The molecule has 0 saturated carbocycles. The summed E-state index contributed by atoms with van der Waals surface area (Å²) in [5.74, 6) is -0.728. The summed E-state index contributed by atoms with van der Waals surface area (Å²) in [4.78, 5) is 35.4. The molecule has 0 aromatic carbocycles. The van der Waals surface area contributed by atoms with E-state index in [9.17, 15) is 14.4 Å². The number of nitrogens with zero attached hydrogens (tertiary/aromatic N) is 1. The van der Waals surface area contributed by atoms with Crippen LogP contribution in [-0.4, -0.2) is 42.3 Å². The van der Waals surface area contributed by atoms with Gasteiger partial charge in [-0.3, -0.25) is 19.3 Å². The number of nitrogens with one attached hydrogen (secondary N) is 1. The number of carbonyl (C=O) groups is 3. The Balaban J connectivity index is 2.21. The number of imide groups is 1. The Morgan fingerprint density at radius 2 is 2.00 bits per heavy atom. The summed E-state index contributed by atoms with van der Waals surface area (Å²) in [6.07, 6.45) is 4.22. The smallest absolute Gasteiger partial charge is 0.252 e. The Bertz CT molecular complexity index is 331. The summed E-state index contributed by atoms with van der Waals surface area (Å²) in [6.45, 7) is 0.678. The molecule has 6 nitrogen and oxygen atoms in total. The molecular weight excluding hydrogens is 234 g/mol. The maximum Gasteiger partial charge on any atom is 0.252 e. The van der Waals surface area contributed by atoms with Gasteiger partial charge in [-0.25, -0.2) is 0 Å². The first-order valence-corrected chi connectivity index (χ1v) is 6.36. The molecule has 3 N–H and O–H groups in total. The van der Waals surface area contributed by atoms with E-state index >= 15 is 0 Å². The van der Waals surface area contributed by atoms with Crippen LogP contribution in [0.2, 0.25) is 0 Å². The molecule has 1 saturated heterocycles. The Morgan fingerprint density at radius 3 is 2.56 bits per heavy atom. The Hall–Kier alpha value is -1.43. The van der Waals surface area contributed by atoms with Crippen molar-refractivity contribution in [3.05, 3.63) is 0 Å². The SMILES string of the molecule is CN1C(=O)CC(NC(=O)CCCCCCN)C1=O. The van der Waals surface area contributed by atoms with E-state index in [2.05, 4.69) is 5.32 Å². The van der Waals surface area contributed by atoms with Crippen LogP contribution in [-0.2, 0) is 14.4 Å². The molecule has 0 bridgehead atoms. The lowest BCUT2D eigenvalue weighted by Crippen LogP contribution is -2.40. The van der Waals surface area contributed by atoms with Crippen molar-refractivity contribution in [2.24, 2.45) is 5.73 Å². The van der Waals surface area contributed by atoms with Gasteiger partial charge in [0.25, 0.3) is 5.91 Å². The van der Waals surface area contributed by atoms with Gasteiger partial charge in [-0.1, -0.05) is 12.8 Å². The van der Waals surface area contributed by atoms with Gasteiger partial charge in [0.15, 0.2) is 0 Å². The minimum absolute atomic E-state index is 0.0776. The van der Waals surface area contributed by atoms with Gasteiger partial charge in [-0.15, -0.1) is 0 Å². The van der Waals surface area contributed by atoms with Crippen molar-refractivity contribution in [1.29, 1.82) is 0 Å². The standard InChI is InChI=1S/C12H21N3O3/c1-15-11(17)8-9(12(15)18)14-10(16)6-4-2-3-5-7-13/h9H,2-8,13H2,1H3,(H,14,16). The van der Waals surface area contributed by atoms with Gasteiger partial charge >= 0.3 is 0 Å². The predicted molar refractivity (Wildman–Crippen MR) is 66.5 cm³/mol. The fraction of sp³-hybridized carbons (Fsp3) is 0.750. The topological polar surface area (TPSA) is 92.5 Å². The monoisotopic (exact) mass is 255 g/mol. The summed E-state index contributed by atoms with van der Waals surface area (Å²) in [7, 11) is 1.43. The third-order valence-corrected chi connectivity index (χ3v) is 3.07. The van der Waals surface area contributed by atoms with Gasteiger partial charge in [0, 0.05) is 13.5 Å². The third-order valence-electron chi connectivity index (χ3n) is 3.07. The Morgan fingerprint density at radius 1 is 1.33 bits per heavy atom. The van der Waals surface area contributed by atoms with Gasteiger partial charge in [0.2, 0.25) is 11.8 Å². The van der Waals surface area contributed by atoms with Gasteiger partial charge in [-0.05, 0) is 19.4 Å². The molecule has 0 aromatic rings. The van der Waals surface area contributed by atoms with E-state index < -0.39 is 6.04 Å². The number of hydrogen-bond donors (Lipinski definition) is 2. The van der Waals surface area contributed by atoms with Crippen molar-refractivity contribution < 1.29 is 14.4 Å². The maximum absolute atomic E-state index is 11.6. The van der Waals surface area contributed by atoms with Crippen LogP contribution < -0.4 is 11.1 Å². The maximum atomic E-state index is 11.6. The molecule has 1 fully saturated rings. The van der Waals surface area contributed by atoms with Crippen molar-refractivity contribution in [2.45, 2.75) is 44.6 Å². The zero-order valence-corrected chi connectivity index (χ0v) is 10.8. The van der Waals surface area contributed by atoms with E-state index in [0.29, 0.717) is 13.0 Å². The van der Waals surface area contributed by atoms with Crippen molar-refractivity contribution >= 4 is 17.7 Å². The van der Waals surface area contributed by atoms with Crippen molar-refractivity contribution in [3.63, 3.8) is 0 Å². The molecule has 0 aromatic heterocycles. The molecule has 1 unspecified atom stereocenters. The van der Waals surface area contributed by atoms with Crippen molar-refractivity contribution in [3.8, 4) is 0 Å². The molecule has 1 aliphatic heterocycles. The zero-order valence-electron chi connectivity index (χ0n) is 10.8. The second kappa shape index (κ2) is 7.10. The van der Waals surface area contributed by atoms with Gasteiger partial charge in [0.1, 0.15) is 6.04 Å². The molecule has 6 heteroatoms. The minimum atomic E-state index is -0.668. The zero-order chi connectivity index (χ0) is 13.5. The molecule has 1 rings (SSSR count). The van der Waals surface area contributed by atoms with Crippen LogP contribution in [0.3, 0.4) is 0 Å². The second-order valence-corrected chi connectivity index (χ2v) is 4.57. The average molecular weight is 255 g/mol. The van der Waals surface area contributed by atoms with Crippen molar-refractivity contribution in [1.82, 2.24) is 10.2 Å². The van der Waals surface area contributed by atoms with Crippen molar-refractivity contribution in [2.75, 3.05) is 13.6 Å². The van der Waals surface area contributed by atoms with E-state index in [-0.39, 0.29) is 24.1 Å². The number of unbranched alkanes of at least 4 members (excludes halogenated alkanes) is 3. The highest BCUT2D eigenvalue weighted by atomic mass is 16.2. The fourth-order valence-electron chi connectivity index (χ4n) is 1.92. The molecule has 3 amide bonds. The third kappa shape index (κ3) is 4.10. The number of hydrogen-bond acceptors (Lipinski definition) is 4. The lowest BCUT2D eigenvalue weighted by atomic mass is 10.1. The molecule has 18 heavy (non-hydrogen) atoms. The van der Waals surface area contributed by atoms with Crippen LogP contribution >= 0.6 is 0 Å². The number of carbonyl (C=O) groups excluding carboxylic acids is 3. The van der Waals surface area contributed by atoms with E-state index in [1.165, 1.54) is 7.05 Å². The molecule has 1 heterocycles. The van der Waals surface area contributed by atoms with Crippen LogP contribution in [0.5, 0.6) is 0 Å². The van der Waals surface area contributed by atoms with Gasteiger partial charge in [0.05, 0.1) is 6.42 Å². The van der Waals surface area contributed by atoms with E-state index in [0.717, 1.165) is 30.6 Å². The largest absolute Gasteiger partial charge is 0.344 e. The minimum Gasteiger partial charge on any atom is -0.344 e. The number of likely N-dealkylation sites (N-methyl/N-ethyl adjacent to an activating group) is 1. The van der Waals surface area contributed by atoms with Crippen LogP contribution in [0.25, 0.3) is 0 Å². The first-order chi connectivity index (χ1) is 8.56. The molecule has 1 atom stereocenters. The number of nitrogens with two attached hydrogens (primary N) is 1. The second-order valence-electron chi connectivity index (χ2n) is 4.57. The molecule has 0 spiro atoms. The van der Waals surface area contributed by atoms with E-state index in [1.807, 2.05) is 0 Å². The summed E-state index contributed by atoms with van der Waals surface area (Å²) in [6, 6.07) is -0.668. The summed E-state index contributed by atoms with van der Waals surface area (Å²) >= 11 is 0. The molecule has 102 valence electrons.